The van der Waals surface area contributed by atoms with Crippen molar-refractivity contribution >= 4 is 10.9 Å². The molecule has 0 aliphatic carbocycles. The highest BCUT2D eigenvalue weighted by molar-refractivity contribution is 5.91. The second-order valence-electron chi connectivity index (χ2n) is 5.59. The Kier molecular flexibility index (Phi) is 3.42. The summed E-state index contributed by atoms with van der Waals surface area (Å²) >= 11 is 0. The number of nitrogens with one attached hydrogen (secondary N) is 1. The fourth-order valence-corrected chi connectivity index (χ4v) is 2.86. The zero-order valence-electron chi connectivity index (χ0n) is 12.2. The average molecular weight is 315 g/mol. The summed E-state index contributed by atoms with van der Waals surface area (Å²) in [4.78, 5) is 18.8. The molecule has 3 aromatic rings. The summed E-state index contributed by atoms with van der Waals surface area (Å²) in [6.45, 7) is 0.757. The summed E-state index contributed by atoms with van der Waals surface area (Å²) in [5.41, 5.74) is 0.639. The molecule has 0 bridgehead atoms. The number of fused-ring (bicyclic) bond motifs is 1. The van der Waals surface area contributed by atoms with E-state index < -0.39 is 5.82 Å². The van der Waals surface area contributed by atoms with Gasteiger partial charge in [0.1, 0.15) is 5.82 Å². The first-order chi connectivity index (χ1) is 11.2. The Morgan fingerprint density at radius 1 is 1.35 bits per heavy atom. The van der Waals surface area contributed by atoms with Gasteiger partial charge in [-0.05, 0) is 31.0 Å². The number of hydrogen-bond donors (Lipinski definition) is 1. The lowest BCUT2D eigenvalue weighted by atomic mass is 10.1. The Bertz CT molecular complexity index is 912. The van der Waals surface area contributed by atoms with E-state index in [9.17, 15) is 9.18 Å². The molecule has 1 saturated heterocycles. The molecule has 0 saturated carbocycles. The lowest BCUT2D eigenvalue weighted by Gasteiger charge is -2.04. The quantitative estimate of drug-likeness (QED) is 0.803. The molecule has 1 aliphatic rings. The molecule has 1 aliphatic heterocycles. The minimum atomic E-state index is -0.398. The average Bonchev–Trinajstić information content (AvgIpc) is 3.19. The van der Waals surface area contributed by atoms with Crippen LogP contribution in [0.1, 0.15) is 18.7 Å². The molecule has 1 atom stereocenters. The van der Waals surface area contributed by atoms with Crippen molar-refractivity contribution in [1.82, 2.24) is 15.1 Å². The molecule has 1 fully saturated rings. The van der Waals surface area contributed by atoms with Crippen molar-refractivity contribution in [3.63, 3.8) is 0 Å². The minimum Gasteiger partial charge on any atom is -0.378 e. The first-order valence-corrected chi connectivity index (χ1v) is 7.46. The van der Waals surface area contributed by atoms with Crippen LogP contribution in [0.4, 0.5) is 4.39 Å². The SMILES string of the molecule is O=c1cc(-c2nc(CC3CCCO3)no2)c2cc(F)ccc2[nH]1. The fourth-order valence-electron chi connectivity index (χ4n) is 2.86. The first kappa shape index (κ1) is 14.1. The minimum absolute atomic E-state index is 0.105. The van der Waals surface area contributed by atoms with Gasteiger partial charge in [-0.25, -0.2) is 4.39 Å². The van der Waals surface area contributed by atoms with Gasteiger partial charge in [0.25, 0.3) is 5.89 Å². The van der Waals surface area contributed by atoms with E-state index in [1.807, 2.05) is 0 Å². The lowest BCUT2D eigenvalue weighted by molar-refractivity contribution is 0.109. The Labute approximate surface area is 130 Å². The van der Waals surface area contributed by atoms with E-state index in [4.69, 9.17) is 9.26 Å². The van der Waals surface area contributed by atoms with E-state index >= 15 is 0 Å². The predicted octanol–water partition coefficient (Wildman–Crippen LogP) is 2.44. The van der Waals surface area contributed by atoms with Crippen LogP contribution in [-0.2, 0) is 11.2 Å². The van der Waals surface area contributed by atoms with Gasteiger partial charge in [0.2, 0.25) is 5.56 Å². The summed E-state index contributed by atoms with van der Waals surface area (Å²) in [5, 5.41) is 4.47. The summed E-state index contributed by atoms with van der Waals surface area (Å²) in [6.07, 6.45) is 2.68. The van der Waals surface area contributed by atoms with Crippen LogP contribution in [0, 0.1) is 5.82 Å². The van der Waals surface area contributed by atoms with Crippen molar-refractivity contribution in [2.24, 2.45) is 0 Å². The van der Waals surface area contributed by atoms with Gasteiger partial charge in [0, 0.05) is 30.0 Å². The second-order valence-corrected chi connectivity index (χ2v) is 5.59. The van der Waals surface area contributed by atoms with E-state index in [0.29, 0.717) is 28.7 Å². The van der Waals surface area contributed by atoms with Crippen LogP contribution in [0.5, 0.6) is 0 Å². The molecule has 6 nitrogen and oxygen atoms in total. The number of rotatable bonds is 3. The predicted molar refractivity (Wildman–Crippen MR) is 80.5 cm³/mol. The van der Waals surface area contributed by atoms with Crippen LogP contribution in [0.25, 0.3) is 22.4 Å². The maximum atomic E-state index is 13.5. The molecule has 1 aromatic carbocycles. The number of aromatic amines is 1. The van der Waals surface area contributed by atoms with Crippen molar-refractivity contribution in [2.75, 3.05) is 6.61 Å². The van der Waals surface area contributed by atoms with E-state index in [1.165, 1.54) is 24.3 Å². The largest absolute Gasteiger partial charge is 0.378 e. The normalized spacial score (nSPS) is 17.9. The summed E-state index contributed by atoms with van der Waals surface area (Å²) < 4.78 is 24.4. The Morgan fingerprint density at radius 2 is 2.26 bits per heavy atom. The molecule has 1 N–H and O–H groups in total. The van der Waals surface area contributed by atoms with Crippen LogP contribution >= 0.6 is 0 Å². The van der Waals surface area contributed by atoms with Crippen molar-refractivity contribution in [3.8, 4) is 11.5 Å². The number of H-pyrrole nitrogens is 1. The molecule has 4 rings (SSSR count). The van der Waals surface area contributed by atoms with E-state index in [0.717, 1.165) is 19.4 Å². The molecule has 2 aromatic heterocycles. The molecule has 118 valence electrons. The van der Waals surface area contributed by atoms with Gasteiger partial charge in [-0.15, -0.1) is 0 Å². The molecule has 0 radical (unpaired) electrons. The molecule has 1 unspecified atom stereocenters. The third kappa shape index (κ3) is 2.75. The standard InChI is InChI=1S/C16H14FN3O3/c17-9-3-4-13-11(6-9)12(8-15(21)18-13)16-19-14(20-23-16)7-10-2-1-5-22-10/h3-4,6,8,10H,1-2,5,7H2,(H,18,21). The summed E-state index contributed by atoms with van der Waals surface area (Å²) in [7, 11) is 0. The number of nitrogens with zero attached hydrogens (tertiary/aromatic N) is 2. The van der Waals surface area contributed by atoms with Gasteiger partial charge in [-0.1, -0.05) is 5.16 Å². The van der Waals surface area contributed by atoms with Crippen molar-refractivity contribution in [1.29, 1.82) is 0 Å². The number of halogens is 1. The van der Waals surface area contributed by atoms with Gasteiger partial charge in [-0.2, -0.15) is 4.98 Å². The fraction of sp³-hybridized carbons (Fsp3) is 0.312. The molecule has 7 heteroatoms. The lowest BCUT2D eigenvalue weighted by Crippen LogP contribution is -2.10. The van der Waals surface area contributed by atoms with Gasteiger partial charge in [-0.3, -0.25) is 4.79 Å². The monoisotopic (exact) mass is 315 g/mol. The maximum absolute atomic E-state index is 13.5. The topological polar surface area (TPSA) is 81.0 Å². The third-order valence-electron chi connectivity index (χ3n) is 3.94. The zero-order valence-corrected chi connectivity index (χ0v) is 12.2. The van der Waals surface area contributed by atoms with Crippen LogP contribution in [0.15, 0.2) is 33.6 Å². The highest BCUT2D eigenvalue weighted by Gasteiger charge is 2.20. The molecule has 0 spiro atoms. The third-order valence-corrected chi connectivity index (χ3v) is 3.94. The Hall–Kier alpha value is -2.54. The van der Waals surface area contributed by atoms with Crippen LogP contribution in [0.2, 0.25) is 0 Å². The second kappa shape index (κ2) is 5.58. The van der Waals surface area contributed by atoms with Crippen molar-refractivity contribution < 1.29 is 13.7 Å². The van der Waals surface area contributed by atoms with Crippen LogP contribution in [-0.4, -0.2) is 27.8 Å². The Morgan fingerprint density at radius 3 is 3.09 bits per heavy atom. The molecular weight excluding hydrogens is 301 g/mol. The number of hydrogen-bond acceptors (Lipinski definition) is 5. The van der Waals surface area contributed by atoms with Crippen LogP contribution < -0.4 is 5.56 Å². The molecule has 23 heavy (non-hydrogen) atoms. The number of pyridine rings is 1. The van der Waals surface area contributed by atoms with Gasteiger partial charge in [0.05, 0.1) is 11.7 Å². The highest BCUT2D eigenvalue weighted by atomic mass is 19.1. The van der Waals surface area contributed by atoms with Gasteiger partial charge >= 0.3 is 0 Å². The van der Waals surface area contributed by atoms with Gasteiger partial charge in [0.15, 0.2) is 5.82 Å². The van der Waals surface area contributed by atoms with E-state index in [-0.39, 0.29) is 17.6 Å². The first-order valence-electron chi connectivity index (χ1n) is 7.46. The van der Waals surface area contributed by atoms with Crippen LogP contribution in [0.3, 0.4) is 0 Å². The maximum Gasteiger partial charge on any atom is 0.258 e. The molecule has 3 heterocycles. The van der Waals surface area contributed by atoms with E-state index in [2.05, 4.69) is 15.1 Å². The zero-order chi connectivity index (χ0) is 15.8. The smallest absolute Gasteiger partial charge is 0.258 e. The number of ether oxygens (including phenoxy) is 1. The number of benzene rings is 1. The van der Waals surface area contributed by atoms with E-state index in [1.54, 1.807) is 0 Å². The van der Waals surface area contributed by atoms with Crippen molar-refractivity contribution in [3.05, 3.63) is 46.3 Å². The molecule has 0 amide bonds. The summed E-state index contributed by atoms with van der Waals surface area (Å²) in [5.74, 6) is 0.335. The molecular formula is C16H14FN3O3. The van der Waals surface area contributed by atoms with Gasteiger partial charge < -0.3 is 14.2 Å². The Balaban J connectivity index is 1.75. The highest BCUT2D eigenvalue weighted by Crippen LogP contribution is 2.26. The number of aromatic nitrogens is 3. The summed E-state index contributed by atoms with van der Waals surface area (Å²) in [6, 6.07) is 5.48. The van der Waals surface area contributed by atoms with Crippen molar-refractivity contribution in [2.45, 2.75) is 25.4 Å².